The van der Waals surface area contributed by atoms with Crippen LogP contribution in [0.4, 0.5) is 4.79 Å². The average molecular weight is 925 g/mol. The van der Waals surface area contributed by atoms with Gasteiger partial charge in [-0.3, -0.25) is 14.4 Å². The lowest BCUT2D eigenvalue weighted by Gasteiger charge is -2.67. The van der Waals surface area contributed by atoms with Crippen LogP contribution in [0.2, 0.25) is 0 Å². The summed E-state index contributed by atoms with van der Waals surface area (Å²) in [6.45, 7) is 6.88. The van der Waals surface area contributed by atoms with Gasteiger partial charge in [0.2, 0.25) is 3.79 Å². The number of esters is 4. The van der Waals surface area contributed by atoms with Crippen molar-refractivity contribution in [2.24, 2.45) is 22.5 Å². The summed E-state index contributed by atoms with van der Waals surface area (Å²) in [7, 11) is 0. The molecule has 0 amide bonds. The van der Waals surface area contributed by atoms with Gasteiger partial charge in [0.1, 0.15) is 36.6 Å². The molecule has 2 aromatic rings. The number of halogens is 3. The first-order valence-corrected chi connectivity index (χ1v) is 20.8. The van der Waals surface area contributed by atoms with Crippen LogP contribution in [-0.4, -0.2) is 111 Å². The summed E-state index contributed by atoms with van der Waals surface area (Å²) >= 11 is 17.5. The van der Waals surface area contributed by atoms with Gasteiger partial charge in [0.15, 0.2) is 23.6 Å². The molecule has 2 aromatic carbocycles. The maximum Gasteiger partial charge on any atom is 0.508 e. The quantitative estimate of drug-likeness (QED) is 0.126. The molecule has 0 radical (unpaired) electrons. The van der Waals surface area contributed by atoms with Crippen molar-refractivity contribution < 1.29 is 72.1 Å². The van der Waals surface area contributed by atoms with E-state index in [9.17, 15) is 34.2 Å². The third kappa shape index (κ3) is 8.42. The largest absolute Gasteiger partial charge is 0.508 e. The summed E-state index contributed by atoms with van der Waals surface area (Å²) < 4.78 is 39.2. The molecule has 3 fully saturated rings. The lowest BCUT2D eigenvalue weighted by molar-refractivity contribution is -0.346. The maximum atomic E-state index is 15.9. The molecule has 2 saturated carbocycles. The summed E-state index contributed by atoms with van der Waals surface area (Å²) in [5.74, 6) is -6.62. The number of aliphatic hydroxyl groups excluding tert-OH is 1. The van der Waals surface area contributed by atoms with Gasteiger partial charge in [-0.25, -0.2) is 14.4 Å². The highest BCUT2D eigenvalue weighted by Crippen LogP contribution is 2.65. The van der Waals surface area contributed by atoms with E-state index in [0.29, 0.717) is 5.56 Å². The molecule has 62 heavy (non-hydrogen) atoms. The van der Waals surface area contributed by atoms with Crippen molar-refractivity contribution in [2.75, 3.05) is 13.2 Å². The van der Waals surface area contributed by atoms with Crippen molar-refractivity contribution >= 4 is 70.6 Å². The average Bonchev–Trinajstić information content (AvgIpc) is 3.20. The first-order valence-electron chi connectivity index (χ1n) is 19.7. The summed E-state index contributed by atoms with van der Waals surface area (Å²) in [4.78, 5) is 83.7. The highest BCUT2D eigenvalue weighted by molar-refractivity contribution is 6.67. The normalized spacial score (nSPS) is 32.2. The predicted molar refractivity (Wildman–Crippen MR) is 218 cm³/mol. The fourth-order valence-corrected chi connectivity index (χ4v) is 9.84. The Morgan fingerprint density at radius 2 is 1.53 bits per heavy atom. The lowest BCUT2D eigenvalue weighted by Crippen LogP contribution is -2.82. The highest BCUT2D eigenvalue weighted by atomic mass is 35.6. The number of ether oxygens (including phenoxy) is 7. The van der Waals surface area contributed by atoms with Gasteiger partial charge in [0, 0.05) is 32.1 Å². The van der Waals surface area contributed by atoms with Crippen LogP contribution in [0, 0.1) is 16.7 Å². The summed E-state index contributed by atoms with van der Waals surface area (Å²) in [5.41, 5.74) is -1.49. The molecule has 11 unspecified atom stereocenters. The van der Waals surface area contributed by atoms with E-state index in [0.717, 1.165) is 13.8 Å². The van der Waals surface area contributed by atoms with Gasteiger partial charge in [-0.15, -0.1) is 0 Å². The Kier molecular flexibility index (Phi) is 13.2. The Morgan fingerprint density at radius 3 is 2.08 bits per heavy atom. The standard InChI is InChI=1S/C43H48Cl3NO15/c1-21-26(59-37(53)31(50)30(47)24-13-9-7-10-14-24)18-42(55)35(61-36(52)25-15-11-8-12-16-25)33-40(6,34(51)32(58-22(2)48)29(21)39(42,4)5)27(60-38(54)57-20-43(44,45)46)17-28-41(33,19-56-28)62-23(3)49/h7-16,26-28,30-33,35,50,55H,17-20,47H2,1-6H3. The molecule has 336 valence electrons. The predicted octanol–water partition coefficient (Wildman–Crippen LogP) is 4.80. The van der Waals surface area contributed by atoms with E-state index >= 15 is 4.79 Å². The number of aliphatic hydroxyl groups is 2. The van der Waals surface area contributed by atoms with Crippen LogP contribution in [0.3, 0.4) is 0 Å². The number of carbonyl (C=O) groups excluding carboxylic acids is 6. The van der Waals surface area contributed by atoms with E-state index in [-0.39, 0.29) is 23.1 Å². The number of hydrogen-bond acceptors (Lipinski definition) is 16. The Balaban J connectivity index is 1.60. The van der Waals surface area contributed by atoms with Crippen molar-refractivity contribution in [1.29, 1.82) is 0 Å². The van der Waals surface area contributed by atoms with E-state index in [4.69, 9.17) is 73.7 Å². The van der Waals surface area contributed by atoms with Crippen LogP contribution in [0.1, 0.15) is 76.3 Å². The zero-order valence-corrected chi connectivity index (χ0v) is 36.9. The molecule has 1 saturated heterocycles. The van der Waals surface area contributed by atoms with Crippen LogP contribution >= 0.6 is 34.8 Å². The van der Waals surface area contributed by atoms with Gasteiger partial charge in [-0.2, -0.15) is 0 Å². The zero-order chi connectivity index (χ0) is 45.7. The summed E-state index contributed by atoms with van der Waals surface area (Å²) in [5, 5.41) is 24.9. The van der Waals surface area contributed by atoms with Crippen molar-refractivity contribution in [3.05, 3.63) is 82.9 Å². The van der Waals surface area contributed by atoms with Crippen LogP contribution in [0.5, 0.6) is 0 Å². The second-order valence-electron chi connectivity index (χ2n) is 16.8. The molecule has 4 aliphatic rings. The van der Waals surface area contributed by atoms with E-state index < -0.39 is 130 Å². The fraction of sp³-hybridized carbons (Fsp3) is 0.535. The minimum absolute atomic E-state index is 0.0207. The minimum atomic E-state index is -2.46. The maximum absolute atomic E-state index is 15.9. The van der Waals surface area contributed by atoms with Gasteiger partial charge in [0.05, 0.1) is 29.5 Å². The molecular formula is C43H48Cl3NO15. The fourth-order valence-electron chi connectivity index (χ4n) is 9.67. The topological polar surface area (TPSA) is 234 Å². The molecule has 11 atom stereocenters. The summed E-state index contributed by atoms with van der Waals surface area (Å²) in [6, 6.07) is 14.7. The summed E-state index contributed by atoms with van der Waals surface area (Å²) in [6.07, 6.45) is -12.3. The molecule has 16 nitrogen and oxygen atoms in total. The van der Waals surface area contributed by atoms with Gasteiger partial charge >= 0.3 is 30.0 Å². The number of hydrogen-bond donors (Lipinski definition) is 3. The Bertz CT molecular complexity index is 2130. The van der Waals surface area contributed by atoms with E-state index in [2.05, 4.69) is 0 Å². The van der Waals surface area contributed by atoms with Gasteiger partial charge in [-0.1, -0.05) is 97.2 Å². The Labute approximate surface area is 372 Å². The molecule has 3 aliphatic carbocycles. The van der Waals surface area contributed by atoms with Crippen molar-refractivity contribution in [3.63, 3.8) is 0 Å². The first-order chi connectivity index (χ1) is 28.9. The molecular weight excluding hydrogens is 877 g/mol. The highest BCUT2D eigenvalue weighted by Gasteiger charge is 2.79. The number of alkyl halides is 3. The molecule has 1 heterocycles. The number of rotatable bonds is 10. The van der Waals surface area contributed by atoms with Crippen LogP contribution in [-0.2, 0) is 52.3 Å². The third-order valence-electron chi connectivity index (χ3n) is 12.8. The Morgan fingerprint density at radius 1 is 0.919 bits per heavy atom. The molecule has 19 heteroatoms. The van der Waals surface area contributed by atoms with Crippen LogP contribution in [0.15, 0.2) is 71.8 Å². The zero-order valence-electron chi connectivity index (χ0n) is 34.6. The monoisotopic (exact) mass is 923 g/mol. The number of carbonyl (C=O) groups is 6. The number of fused-ring (bicyclic) bond motifs is 5. The van der Waals surface area contributed by atoms with Gasteiger partial charge in [0.25, 0.3) is 0 Å². The van der Waals surface area contributed by atoms with E-state index in [1.54, 1.807) is 48.5 Å². The number of benzene rings is 2. The first kappa shape index (κ1) is 47.2. The Hall–Kier alpha value is -4.29. The van der Waals surface area contributed by atoms with E-state index in [1.807, 2.05) is 0 Å². The van der Waals surface area contributed by atoms with Crippen molar-refractivity contribution in [3.8, 4) is 0 Å². The number of ketones is 1. The van der Waals surface area contributed by atoms with Gasteiger partial charge < -0.3 is 49.1 Å². The lowest BCUT2D eigenvalue weighted by atomic mass is 9.44. The van der Waals surface area contributed by atoms with Crippen molar-refractivity contribution in [1.82, 2.24) is 0 Å². The molecule has 0 aromatic heterocycles. The number of Topliss-reactive ketones (excluding diaryl/α,β-unsaturated/α-hetero) is 1. The van der Waals surface area contributed by atoms with Crippen LogP contribution < -0.4 is 5.73 Å². The smallest absolute Gasteiger partial charge is 0.456 e. The van der Waals surface area contributed by atoms with Crippen molar-refractivity contribution in [2.45, 2.75) is 112 Å². The minimum Gasteiger partial charge on any atom is -0.456 e. The van der Waals surface area contributed by atoms with Gasteiger partial charge in [-0.05, 0) is 42.7 Å². The second-order valence-corrected chi connectivity index (χ2v) is 19.3. The van der Waals surface area contributed by atoms with E-state index in [1.165, 1.54) is 39.8 Å². The SMILES string of the molecule is CC(=O)OC1C(=O)C2(C)C(OC(=O)OCC(Cl)(Cl)Cl)CC3OCC3(OC(C)=O)C2C(OC(=O)c2ccccc2)C2(O)CC(OC(=O)C(O)C(N)c3ccccc3)C(C)=C1C2(C)C. The molecule has 1 aliphatic heterocycles. The molecule has 4 N–H and O–H groups in total. The number of nitrogens with two attached hydrogens (primary N) is 1. The molecule has 2 bridgehead atoms. The van der Waals surface area contributed by atoms with Crippen LogP contribution in [0.25, 0.3) is 0 Å². The molecule has 6 rings (SSSR count). The third-order valence-corrected chi connectivity index (χ3v) is 13.1. The second kappa shape index (κ2) is 17.4. The molecule has 0 spiro atoms.